The Morgan fingerprint density at radius 1 is 1.42 bits per heavy atom. The molecule has 0 aliphatic carbocycles. The highest BCUT2D eigenvalue weighted by Crippen LogP contribution is 2.13. The first-order valence-electron chi connectivity index (χ1n) is 6.21. The fraction of sp³-hybridized carbons (Fsp3) is 0.385. The second-order valence-electron chi connectivity index (χ2n) is 4.10. The van der Waals surface area contributed by atoms with E-state index in [1.807, 2.05) is 0 Å². The van der Waals surface area contributed by atoms with Gasteiger partial charge >= 0.3 is 0 Å². The van der Waals surface area contributed by atoms with Crippen LogP contribution in [0.5, 0.6) is 5.75 Å². The number of unbranched alkanes of at least 4 members (excludes halogenated alkanes) is 1. The van der Waals surface area contributed by atoms with Crippen molar-refractivity contribution in [1.82, 2.24) is 20.2 Å². The number of aromatic nitrogens is 4. The highest BCUT2D eigenvalue weighted by atomic mass is 16.5. The summed E-state index contributed by atoms with van der Waals surface area (Å²) in [5.41, 5.74) is 0.572. The third-order valence-corrected chi connectivity index (χ3v) is 2.66. The number of ether oxygens (including phenoxy) is 1. The first-order valence-corrected chi connectivity index (χ1v) is 6.21. The van der Waals surface area contributed by atoms with Crippen molar-refractivity contribution in [2.75, 3.05) is 0 Å². The van der Waals surface area contributed by atoms with Crippen molar-refractivity contribution in [3.05, 3.63) is 35.7 Å². The highest BCUT2D eigenvalue weighted by molar-refractivity contribution is 5.36. The lowest BCUT2D eigenvalue weighted by Gasteiger charge is -2.06. The molecule has 0 bridgehead atoms. The van der Waals surface area contributed by atoms with Gasteiger partial charge in [0.2, 0.25) is 0 Å². The fourth-order valence-electron chi connectivity index (χ4n) is 1.61. The molecule has 19 heavy (non-hydrogen) atoms. The summed E-state index contributed by atoms with van der Waals surface area (Å²) in [5, 5.41) is 20.3. The lowest BCUT2D eigenvalue weighted by atomic mass is 10.2. The monoisotopic (exact) mass is 257 g/mol. The van der Waals surface area contributed by atoms with Crippen LogP contribution in [0.15, 0.2) is 24.3 Å². The molecule has 1 aromatic heterocycles. The molecule has 6 nitrogen and oxygen atoms in total. The largest absolute Gasteiger partial charge is 0.486 e. The summed E-state index contributed by atoms with van der Waals surface area (Å²) in [6, 6.07) is 9.10. The third-order valence-electron chi connectivity index (χ3n) is 2.66. The number of aryl methyl sites for hydroxylation is 1. The Morgan fingerprint density at radius 3 is 3.11 bits per heavy atom. The van der Waals surface area contributed by atoms with Crippen molar-refractivity contribution < 1.29 is 4.74 Å². The van der Waals surface area contributed by atoms with Crippen molar-refractivity contribution >= 4 is 0 Å². The van der Waals surface area contributed by atoms with Crippen LogP contribution in [-0.4, -0.2) is 20.2 Å². The summed E-state index contributed by atoms with van der Waals surface area (Å²) in [5.74, 6) is 1.33. The van der Waals surface area contributed by atoms with Gasteiger partial charge < -0.3 is 4.74 Å². The maximum atomic E-state index is 8.81. The zero-order valence-corrected chi connectivity index (χ0v) is 10.8. The molecule has 1 aromatic carbocycles. The number of rotatable bonds is 6. The van der Waals surface area contributed by atoms with Crippen molar-refractivity contribution in [3.63, 3.8) is 0 Å². The fourth-order valence-corrected chi connectivity index (χ4v) is 1.61. The van der Waals surface area contributed by atoms with Gasteiger partial charge in [-0.1, -0.05) is 19.4 Å². The van der Waals surface area contributed by atoms with E-state index >= 15 is 0 Å². The van der Waals surface area contributed by atoms with Crippen LogP contribution in [0.1, 0.15) is 31.2 Å². The Balaban J connectivity index is 1.98. The lowest BCUT2D eigenvalue weighted by molar-refractivity contribution is 0.285. The molecule has 98 valence electrons. The number of tetrazole rings is 1. The van der Waals surface area contributed by atoms with Crippen LogP contribution in [0.25, 0.3) is 0 Å². The van der Waals surface area contributed by atoms with Gasteiger partial charge in [-0.25, -0.2) is 4.68 Å². The van der Waals surface area contributed by atoms with Gasteiger partial charge in [0.05, 0.1) is 11.6 Å². The summed E-state index contributed by atoms with van der Waals surface area (Å²) in [7, 11) is 0. The van der Waals surface area contributed by atoms with Gasteiger partial charge in [-0.3, -0.25) is 0 Å². The van der Waals surface area contributed by atoms with E-state index in [1.54, 1.807) is 28.9 Å². The van der Waals surface area contributed by atoms with Crippen LogP contribution < -0.4 is 4.74 Å². The summed E-state index contributed by atoms with van der Waals surface area (Å²) >= 11 is 0. The van der Waals surface area contributed by atoms with Gasteiger partial charge in [0.1, 0.15) is 12.4 Å². The molecule has 0 saturated carbocycles. The number of nitriles is 1. The molecule has 0 N–H and O–H groups in total. The molecule has 0 atom stereocenters. The molecular weight excluding hydrogens is 242 g/mol. The van der Waals surface area contributed by atoms with Gasteiger partial charge in [-0.2, -0.15) is 5.26 Å². The predicted molar refractivity (Wildman–Crippen MR) is 68.2 cm³/mol. The number of hydrogen-bond donors (Lipinski definition) is 0. The maximum absolute atomic E-state index is 8.81. The highest BCUT2D eigenvalue weighted by Gasteiger charge is 2.06. The van der Waals surface area contributed by atoms with Crippen molar-refractivity contribution in [2.24, 2.45) is 0 Å². The minimum atomic E-state index is 0.297. The van der Waals surface area contributed by atoms with Crippen LogP contribution >= 0.6 is 0 Å². The average Bonchev–Trinajstić information content (AvgIpc) is 2.90. The molecule has 2 aromatic rings. The Morgan fingerprint density at radius 2 is 2.32 bits per heavy atom. The SMILES string of the molecule is CCCCn1nnnc1COc1cccc(C#N)c1. The molecule has 0 fully saturated rings. The zero-order valence-electron chi connectivity index (χ0n) is 10.8. The summed E-state index contributed by atoms with van der Waals surface area (Å²) in [6.07, 6.45) is 2.12. The van der Waals surface area contributed by atoms with Gasteiger partial charge in [0.25, 0.3) is 0 Å². The molecule has 6 heteroatoms. The summed E-state index contributed by atoms with van der Waals surface area (Å²) < 4.78 is 7.35. The molecule has 2 rings (SSSR count). The first-order chi connectivity index (χ1) is 9.33. The molecule has 0 aliphatic rings. The maximum Gasteiger partial charge on any atom is 0.189 e. The van der Waals surface area contributed by atoms with Crippen LogP contribution in [0, 0.1) is 11.3 Å². The molecule has 0 saturated heterocycles. The number of hydrogen-bond acceptors (Lipinski definition) is 5. The van der Waals surface area contributed by atoms with Crippen molar-refractivity contribution in [3.8, 4) is 11.8 Å². The number of benzene rings is 1. The van der Waals surface area contributed by atoms with Crippen LogP contribution in [0.3, 0.4) is 0 Å². The van der Waals surface area contributed by atoms with Crippen molar-refractivity contribution in [1.29, 1.82) is 5.26 Å². The molecule has 0 spiro atoms. The standard InChI is InChI=1S/C13H15N5O/c1-2-3-7-18-13(15-16-17-18)10-19-12-6-4-5-11(8-12)9-14/h4-6,8H,2-3,7,10H2,1H3. The third kappa shape index (κ3) is 3.52. The topological polar surface area (TPSA) is 76.6 Å². The molecule has 0 unspecified atom stereocenters. The molecule has 0 radical (unpaired) electrons. The van der Waals surface area contributed by atoms with E-state index in [2.05, 4.69) is 28.5 Å². The minimum absolute atomic E-state index is 0.297. The minimum Gasteiger partial charge on any atom is -0.486 e. The van der Waals surface area contributed by atoms with E-state index in [0.717, 1.165) is 19.4 Å². The second-order valence-corrected chi connectivity index (χ2v) is 4.10. The van der Waals surface area contributed by atoms with Gasteiger partial charge in [-0.15, -0.1) is 5.10 Å². The Kier molecular flexibility index (Phi) is 4.45. The summed E-state index contributed by atoms with van der Waals surface area (Å²) in [6.45, 7) is 3.21. The lowest BCUT2D eigenvalue weighted by Crippen LogP contribution is -2.09. The van der Waals surface area contributed by atoms with E-state index in [0.29, 0.717) is 23.7 Å². The number of nitrogens with zero attached hydrogens (tertiary/aromatic N) is 5. The average molecular weight is 257 g/mol. The van der Waals surface area contributed by atoms with E-state index in [1.165, 1.54) is 0 Å². The van der Waals surface area contributed by atoms with E-state index < -0.39 is 0 Å². The molecular formula is C13H15N5O. The van der Waals surface area contributed by atoms with Crippen LogP contribution in [0.2, 0.25) is 0 Å². The summed E-state index contributed by atoms with van der Waals surface area (Å²) in [4.78, 5) is 0. The molecule has 0 amide bonds. The van der Waals surface area contributed by atoms with E-state index in [9.17, 15) is 0 Å². The second kappa shape index (κ2) is 6.50. The van der Waals surface area contributed by atoms with Gasteiger partial charge in [-0.05, 0) is 35.0 Å². The van der Waals surface area contributed by atoms with Gasteiger partial charge in [0, 0.05) is 6.54 Å². The Bertz CT molecular complexity index is 572. The molecule has 0 aliphatic heterocycles. The predicted octanol–water partition coefficient (Wildman–Crippen LogP) is 1.92. The van der Waals surface area contributed by atoms with Gasteiger partial charge in [0.15, 0.2) is 5.82 Å². The zero-order chi connectivity index (χ0) is 13.5. The normalized spacial score (nSPS) is 10.1. The first kappa shape index (κ1) is 13.0. The Labute approximate surface area is 111 Å². The van der Waals surface area contributed by atoms with Crippen molar-refractivity contribution in [2.45, 2.75) is 32.9 Å². The van der Waals surface area contributed by atoms with Crippen LogP contribution in [-0.2, 0) is 13.2 Å². The quantitative estimate of drug-likeness (QED) is 0.790. The Hall–Kier alpha value is -2.42. The molecule has 1 heterocycles. The van der Waals surface area contributed by atoms with Crippen LogP contribution in [0.4, 0.5) is 0 Å². The smallest absolute Gasteiger partial charge is 0.189 e. The van der Waals surface area contributed by atoms with E-state index in [4.69, 9.17) is 10.00 Å². The van der Waals surface area contributed by atoms with E-state index in [-0.39, 0.29) is 0 Å².